The van der Waals surface area contributed by atoms with E-state index in [-0.39, 0.29) is 5.95 Å². The summed E-state index contributed by atoms with van der Waals surface area (Å²) in [7, 11) is 1.71. The third-order valence-electron chi connectivity index (χ3n) is 4.15. The molecule has 3 aromatic carbocycles. The predicted molar refractivity (Wildman–Crippen MR) is 111 cm³/mol. The van der Waals surface area contributed by atoms with Gasteiger partial charge in [0, 0.05) is 6.07 Å². The van der Waals surface area contributed by atoms with Crippen LogP contribution >= 0.6 is 0 Å². The molecule has 26 heavy (non-hydrogen) atoms. The Bertz CT molecular complexity index is 951. The lowest BCUT2D eigenvalue weighted by atomic mass is 9.92. The van der Waals surface area contributed by atoms with Crippen LogP contribution in [0, 0.1) is 5.95 Å². The highest BCUT2D eigenvalue weighted by atomic mass is 19.1. The van der Waals surface area contributed by atoms with E-state index >= 15 is 0 Å². The lowest BCUT2D eigenvalue weighted by Crippen LogP contribution is -2.31. The van der Waals surface area contributed by atoms with Crippen molar-refractivity contribution in [1.82, 2.24) is 0 Å². The van der Waals surface area contributed by atoms with Crippen LogP contribution in [0.2, 0.25) is 0 Å². The van der Waals surface area contributed by atoms with Crippen LogP contribution in [0.25, 0.3) is 32.7 Å². The molecule has 0 amide bonds. The van der Waals surface area contributed by atoms with Crippen LogP contribution in [0.1, 0.15) is 27.7 Å². The molecule has 0 aliphatic carbocycles. The van der Waals surface area contributed by atoms with Crippen molar-refractivity contribution in [2.75, 3.05) is 0 Å². The first-order valence-electron chi connectivity index (χ1n) is 9.30. The van der Waals surface area contributed by atoms with Gasteiger partial charge in [0.05, 0.1) is 6.07 Å². The fraction of sp³-hybridized carbons (Fsp3) is 0.208. The Morgan fingerprint density at radius 1 is 0.692 bits per heavy atom. The molecule has 0 atom stereocenters. The molecule has 0 aliphatic rings. The Kier molecular flexibility index (Phi) is 6.85. The van der Waals surface area contributed by atoms with E-state index in [0.717, 1.165) is 21.9 Å². The van der Waals surface area contributed by atoms with E-state index in [2.05, 4.69) is 30.3 Å². The van der Waals surface area contributed by atoms with Crippen LogP contribution < -0.4 is 4.57 Å². The van der Waals surface area contributed by atoms with Crippen molar-refractivity contribution in [3.8, 4) is 11.1 Å². The van der Waals surface area contributed by atoms with Crippen molar-refractivity contribution in [2.45, 2.75) is 27.7 Å². The Balaban J connectivity index is 0.000000570. The number of rotatable bonds is 1. The molecule has 1 heterocycles. The van der Waals surface area contributed by atoms with Crippen molar-refractivity contribution in [2.24, 2.45) is 7.05 Å². The van der Waals surface area contributed by atoms with E-state index < -0.39 is 0 Å². The van der Waals surface area contributed by atoms with Gasteiger partial charge in [0.25, 0.3) is 0 Å². The molecule has 0 saturated heterocycles. The summed E-state index contributed by atoms with van der Waals surface area (Å²) in [6.45, 7) is 8.00. The molecule has 0 spiro atoms. The summed E-state index contributed by atoms with van der Waals surface area (Å²) in [5, 5.41) is 4.64. The van der Waals surface area contributed by atoms with Gasteiger partial charge in [-0.2, -0.15) is 4.57 Å². The Labute approximate surface area is 155 Å². The highest BCUT2D eigenvalue weighted by Crippen LogP contribution is 2.36. The second kappa shape index (κ2) is 9.10. The van der Waals surface area contributed by atoms with Gasteiger partial charge in [0.1, 0.15) is 7.05 Å². The zero-order chi connectivity index (χ0) is 19.1. The normalized spacial score (nSPS) is 9.92. The highest BCUT2D eigenvalue weighted by molar-refractivity contribution is 6.12. The maximum atomic E-state index is 14.0. The lowest BCUT2D eigenvalue weighted by Gasteiger charge is -2.11. The number of hydrogen-bond acceptors (Lipinski definition) is 0. The van der Waals surface area contributed by atoms with Crippen LogP contribution in [0.4, 0.5) is 4.39 Å². The molecule has 1 nitrogen and oxygen atoms in total. The van der Waals surface area contributed by atoms with E-state index in [0.29, 0.717) is 0 Å². The average Bonchev–Trinajstić information content (AvgIpc) is 2.71. The molecule has 0 aliphatic heterocycles. The molecule has 0 fully saturated rings. The highest BCUT2D eigenvalue weighted by Gasteiger charge is 2.13. The van der Waals surface area contributed by atoms with Gasteiger partial charge in [0.2, 0.25) is 0 Å². The third kappa shape index (κ3) is 3.75. The molecular formula is C24H27FN+. The largest absolute Gasteiger partial charge is 0.359 e. The first-order chi connectivity index (χ1) is 12.7. The molecule has 1 aromatic heterocycles. The second-order valence-electron chi connectivity index (χ2n) is 5.54. The summed E-state index contributed by atoms with van der Waals surface area (Å²) < 4.78 is 15.5. The van der Waals surface area contributed by atoms with Gasteiger partial charge < -0.3 is 0 Å². The maximum Gasteiger partial charge on any atom is 0.359 e. The van der Waals surface area contributed by atoms with Gasteiger partial charge in [-0.15, -0.1) is 4.39 Å². The number of aryl methyl sites for hydroxylation is 1. The zero-order valence-corrected chi connectivity index (χ0v) is 16.3. The summed E-state index contributed by atoms with van der Waals surface area (Å²) in [6.07, 6.45) is 1.77. The lowest BCUT2D eigenvalue weighted by molar-refractivity contribution is -0.700. The standard InChI is InChI=1S/C20H15FN.2C2H6/c1-22-11-10-16(13-19(22)21)20-17-8-4-2-6-14(17)12-15-7-3-5-9-18(15)20;2*1-2/h2-13H,1H3;2*1-2H3/q+1;;. The van der Waals surface area contributed by atoms with Gasteiger partial charge in [-0.1, -0.05) is 76.2 Å². The smallest absolute Gasteiger partial charge is 0.176 e. The van der Waals surface area contributed by atoms with E-state index in [1.807, 2.05) is 58.0 Å². The van der Waals surface area contributed by atoms with Gasteiger partial charge in [-0.25, -0.2) is 0 Å². The molecule has 0 unspecified atom stereocenters. The van der Waals surface area contributed by atoms with Crippen molar-refractivity contribution in [3.63, 3.8) is 0 Å². The molecular weight excluding hydrogens is 321 g/mol. The van der Waals surface area contributed by atoms with E-state index in [9.17, 15) is 4.39 Å². The van der Waals surface area contributed by atoms with E-state index in [1.54, 1.807) is 19.3 Å². The minimum absolute atomic E-state index is 0.241. The Hall–Kier alpha value is -2.74. The number of halogens is 1. The summed E-state index contributed by atoms with van der Waals surface area (Å²) in [4.78, 5) is 0. The predicted octanol–water partition coefficient (Wildman–Crippen LogP) is 6.68. The van der Waals surface area contributed by atoms with Crippen molar-refractivity contribution < 1.29 is 8.96 Å². The van der Waals surface area contributed by atoms with Gasteiger partial charge >= 0.3 is 5.95 Å². The van der Waals surface area contributed by atoms with Crippen molar-refractivity contribution in [3.05, 3.63) is 78.9 Å². The van der Waals surface area contributed by atoms with E-state index in [1.165, 1.54) is 15.3 Å². The van der Waals surface area contributed by atoms with Crippen LogP contribution in [-0.4, -0.2) is 0 Å². The number of benzene rings is 3. The molecule has 0 radical (unpaired) electrons. The van der Waals surface area contributed by atoms with Crippen molar-refractivity contribution >= 4 is 21.5 Å². The molecule has 134 valence electrons. The van der Waals surface area contributed by atoms with Crippen LogP contribution in [-0.2, 0) is 7.05 Å². The minimum atomic E-state index is -0.241. The van der Waals surface area contributed by atoms with Crippen LogP contribution in [0.15, 0.2) is 72.9 Å². The number of pyridine rings is 1. The summed E-state index contributed by atoms with van der Waals surface area (Å²) in [5.74, 6) is -0.241. The Morgan fingerprint density at radius 2 is 1.19 bits per heavy atom. The molecule has 4 aromatic rings. The van der Waals surface area contributed by atoms with Gasteiger partial charge in [-0.3, -0.25) is 0 Å². The monoisotopic (exact) mass is 348 g/mol. The fourth-order valence-corrected chi connectivity index (χ4v) is 3.02. The number of fused-ring (bicyclic) bond motifs is 2. The Morgan fingerprint density at radius 3 is 1.69 bits per heavy atom. The molecule has 0 saturated carbocycles. The fourth-order valence-electron chi connectivity index (χ4n) is 3.02. The van der Waals surface area contributed by atoms with Crippen molar-refractivity contribution in [1.29, 1.82) is 0 Å². The number of hydrogen-bond donors (Lipinski definition) is 0. The topological polar surface area (TPSA) is 3.88 Å². The number of nitrogens with zero attached hydrogens (tertiary/aromatic N) is 1. The van der Waals surface area contributed by atoms with E-state index in [4.69, 9.17) is 0 Å². The summed E-state index contributed by atoms with van der Waals surface area (Å²) in [5.41, 5.74) is 2.00. The SMILES string of the molecule is CC.CC.C[n+]1ccc(-c2c3ccccc3cc3ccccc23)cc1F. The summed E-state index contributed by atoms with van der Waals surface area (Å²) >= 11 is 0. The second-order valence-corrected chi connectivity index (χ2v) is 5.54. The number of aromatic nitrogens is 1. The first-order valence-corrected chi connectivity index (χ1v) is 9.30. The first kappa shape index (κ1) is 19.6. The van der Waals surface area contributed by atoms with Gasteiger partial charge in [0.15, 0.2) is 6.20 Å². The molecule has 0 N–H and O–H groups in total. The zero-order valence-electron chi connectivity index (χ0n) is 16.3. The molecule has 4 rings (SSSR count). The van der Waals surface area contributed by atoms with Crippen LogP contribution in [0.3, 0.4) is 0 Å². The molecule has 2 heteroatoms. The maximum absolute atomic E-state index is 14.0. The van der Waals surface area contributed by atoms with Gasteiger partial charge in [-0.05, 0) is 38.7 Å². The average molecular weight is 348 g/mol. The molecule has 0 bridgehead atoms. The third-order valence-corrected chi connectivity index (χ3v) is 4.15. The summed E-state index contributed by atoms with van der Waals surface area (Å²) in [6, 6.07) is 22.3. The van der Waals surface area contributed by atoms with Crippen LogP contribution in [0.5, 0.6) is 0 Å². The quantitative estimate of drug-likeness (QED) is 0.205. The minimum Gasteiger partial charge on any atom is -0.176 e.